The van der Waals surface area contributed by atoms with E-state index in [1.54, 1.807) is 24.3 Å². The molecular weight excluding hydrogens is 372 g/mol. The number of benzene rings is 1. The van der Waals surface area contributed by atoms with E-state index in [0.29, 0.717) is 5.75 Å². The predicted octanol–water partition coefficient (Wildman–Crippen LogP) is 4.08. The predicted molar refractivity (Wildman–Crippen MR) is 72.9 cm³/mol. The van der Waals surface area contributed by atoms with E-state index in [2.05, 4.69) is 27.6 Å². The molecule has 0 aliphatic heterocycles. The molecule has 0 radical (unpaired) electrons. The maximum atomic E-state index is 12.5. The number of nitrogens with zero attached hydrogens (tertiary/aromatic N) is 1. The maximum absolute atomic E-state index is 12.5. The molecule has 0 aliphatic carbocycles. The Bertz CT molecular complexity index is 585. The van der Waals surface area contributed by atoms with Gasteiger partial charge in [-0.05, 0) is 46.9 Å². The Balaban J connectivity index is 2.31. The Morgan fingerprint density at radius 1 is 1.16 bits per heavy atom. The molecule has 0 bridgehead atoms. The first-order valence-electron chi connectivity index (χ1n) is 5.12. The molecule has 0 atom stereocenters. The Kier molecular flexibility index (Phi) is 3.83. The number of rotatable bonds is 2. The minimum Gasteiger partial charge on any atom is -0.455 e. The van der Waals surface area contributed by atoms with Gasteiger partial charge in [-0.15, -0.1) is 0 Å². The number of aromatic nitrogens is 1. The fourth-order valence-corrected chi connectivity index (χ4v) is 1.68. The lowest BCUT2D eigenvalue weighted by molar-refractivity contribution is -0.141. The standard InChI is InChI=1S/C12H8F3IN2O/c13-12(14,15)11-5-10(9(17)6-18-11)19-8-3-1-7(16)2-4-8/h1-6H,17H2. The third kappa shape index (κ3) is 3.49. The van der Waals surface area contributed by atoms with Crippen LogP contribution >= 0.6 is 22.6 Å². The molecule has 7 heteroatoms. The van der Waals surface area contributed by atoms with Crippen molar-refractivity contribution >= 4 is 28.3 Å². The first-order valence-corrected chi connectivity index (χ1v) is 6.20. The zero-order chi connectivity index (χ0) is 14.0. The summed E-state index contributed by atoms with van der Waals surface area (Å²) in [5, 5.41) is 0. The zero-order valence-electron chi connectivity index (χ0n) is 9.41. The van der Waals surface area contributed by atoms with Gasteiger partial charge >= 0.3 is 6.18 Å². The summed E-state index contributed by atoms with van der Waals surface area (Å²) in [5.41, 5.74) is 4.56. The average Bonchev–Trinajstić information content (AvgIpc) is 2.33. The van der Waals surface area contributed by atoms with Gasteiger partial charge in [-0.3, -0.25) is 0 Å². The van der Waals surface area contributed by atoms with Crippen LogP contribution in [0.2, 0.25) is 0 Å². The number of anilines is 1. The number of ether oxygens (including phenoxy) is 1. The number of halogens is 4. The smallest absolute Gasteiger partial charge is 0.433 e. The van der Waals surface area contributed by atoms with Crippen molar-refractivity contribution in [2.24, 2.45) is 0 Å². The second-order valence-electron chi connectivity index (χ2n) is 3.66. The number of alkyl halides is 3. The third-order valence-corrected chi connectivity index (χ3v) is 2.95. The molecule has 0 unspecified atom stereocenters. The largest absolute Gasteiger partial charge is 0.455 e. The number of hydrogen-bond donors (Lipinski definition) is 1. The summed E-state index contributed by atoms with van der Waals surface area (Å²) in [7, 11) is 0. The van der Waals surface area contributed by atoms with Crippen LogP contribution in [0.5, 0.6) is 11.5 Å². The van der Waals surface area contributed by atoms with Crippen molar-refractivity contribution in [3.63, 3.8) is 0 Å². The number of pyridine rings is 1. The van der Waals surface area contributed by atoms with E-state index in [0.717, 1.165) is 15.8 Å². The van der Waals surface area contributed by atoms with E-state index >= 15 is 0 Å². The SMILES string of the molecule is Nc1cnc(C(F)(F)F)cc1Oc1ccc(I)cc1. The molecule has 2 rings (SSSR count). The van der Waals surface area contributed by atoms with Gasteiger partial charge in [-0.2, -0.15) is 13.2 Å². The molecule has 19 heavy (non-hydrogen) atoms. The third-order valence-electron chi connectivity index (χ3n) is 2.23. The lowest BCUT2D eigenvalue weighted by Gasteiger charge is -2.11. The van der Waals surface area contributed by atoms with Gasteiger partial charge in [-0.25, -0.2) is 4.98 Å². The van der Waals surface area contributed by atoms with Gasteiger partial charge < -0.3 is 10.5 Å². The van der Waals surface area contributed by atoms with E-state index in [1.807, 2.05) is 0 Å². The normalized spacial score (nSPS) is 11.4. The topological polar surface area (TPSA) is 48.1 Å². The summed E-state index contributed by atoms with van der Waals surface area (Å²) in [6.07, 6.45) is -3.59. The molecule has 0 fully saturated rings. The fourth-order valence-electron chi connectivity index (χ4n) is 1.32. The number of hydrogen-bond acceptors (Lipinski definition) is 3. The van der Waals surface area contributed by atoms with Crippen molar-refractivity contribution in [2.75, 3.05) is 5.73 Å². The average molecular weight is 380 g/mol. The Morgan fingerprint density at radius 3 is 2.37 bits per heavy atom. The molecule has 1 aromatic heterocycles. The molecule has 2 N–H and O–H groups in total. The molecule has 0 saturated heterocycles. The molecule has 0 amide bonds. The van der Waals surface area contributed by atoms with Crippen molar-refractivity contribution in [3.05, 3.63) is 45.8 Å². The van der Waals surface area contributed by atoms with Gasteiger partial charge in [0.15, 0.2) is 5.75 Å². The lowest BCUT2D eigenvalue weighted by atomic mass is 10.3. The van der Waals surface area contributed by atoms with E-state index in [9.17, 15) is 13.2 Å². The minimum absolute atomic E-state index is 0.0477. The summed E-state index contributed by atoms with van der Waals surface area (Å²) in [6.45, 7) is 0. The molecule has 3 nitrogen and oxygen atoms in total. The second-order valence-corrected chi connectivity index (χ2v) is 4.91. The maximum Gasteiger partial charge on any atom is 0.433 e. The van der Waals surface area contributed by atoms with Crippen molar-refractivity contribution < 1.29 is 17.9 Å². The van der Waals surface area contributed by atoms with Gasteiger partial charge in [0.2, 0.25) is 0 Å². The highest BCUT2D eigenvalue weighted by molar-refractivity contribution is 14.1. The van der Waals surface area contributed by atoms with Crippen molar-refractivity contribution in [3.8, 4) is 11.5 Å². The first kappa shape index (κ1) is 13.9. The lowest BCUT2D eigenvalue weighted by Crippen LogP contribution is -2.08. The molecular formula is C12H8F3IN2O. The van der Waals surface area contributed by atoms with E-state index in [1.165, 1.54) is 0 Å². The van der Waals surface area contributed by atoms with Gasteiger partial charge in [-0.1, -0.05) is 0 Å². The summed E-state index contributed by atoms with van der Waals surface area (Å²) in [4.78, 5) is 3.23. The van der Waals surface area contributed by atoms with Crippen LogP contribution in [0.15, 0.2) is 36.5 Å². The fraction of sp³-hybridized carbons (Fsp3) is 0.0833. The van der Waals surface area contributed by atoms with Gasteiger partial charge in [0.25, 0.3) is 0 Å². The van der Waals surface area contributed by atoms with E-state index in [4.69, 9.17) is 10.5 Å². The van der Waals surface area contributed by atoms with Crippen LogP contribution in [0.25, 0.3) is 0 Å². The highest BCUT2D eigenvalue weighted by atomic mass is 127. The van der Waals surface area contributed by atoms with Crippen LogP contribution in [0.1, 0.15) is 5.69 Å². The van der Waals surface area contributed by atoms with Crippen molar-refractivity contribution in [1.29, 1.82) is 0 Å². The number of nitrogen functional groups attached to an aromatic ring is 1. The molecule has 2 aromatic rings. The molecule has 100 valence electrons. The van der Waals surface area contributed by atoms with Gasteiger partial charge in [0.1, 0.15) is 11.4 Å². The Hall–Kier alpha value is -1.51. The van der Waals surface area contributed by atoms with Crippen LogP contribution in [0.3, 0.4) is 0 Å². The minimum atomic E-state index is -4.53. The molecule has 0 spiro atoms. The van der Waals surface area contributed by atoms with E-state index in [-0.39, 0.29) is 11.4 Å². The first-order chi connectivity index (χ1) is 8.86. The molecule has 1 heterocycles. The highest BCUT2D eigenvalue weighted by Gasteiger charge is 2.33. The molecule has 0 aliphatic rings. The van der Waals surface area contributed by atoms with Crippen LogP contribution in [-0.2, 0) is 6.18 Å². The van der Waals surface area contributed by atoms with E-state index < -0.39 is 11.9 Å². The second kappa shape index (κ2) is 5.24. The quantitative estimate of drug-likeness (QED) is 0.799. The summed E-state index contributed by atoms with van der Waals surface area (Å²) in [5.74, 6) is 0.343. The summed E-state index contributed by atoms with van der Waals surface area (Å²) in [6, 6.07) is 7.63. The van der Waals surface area contributed by atoms with Gasteiger partial charge in [0.05, 0.1) is 11.9 Å². The Morgan fingerprint density at radius 2 is 1.79 bits per heavy atom. The summed E-state index contributed by atoms with van der Waals surface area (Å²) >= 11 is 2.11. The van der Waals surface area contributed by atoms with Crippen LogP contribution in [0, 0.1) is 3.57 Å². The van der Waals surface area contributed by atoms with Crippen LogP contribution < -0.4 is 10.5 Å². The van der Waals surface area contributed by atoms with Crippen molar-refractivity contribution in [1.82, 2.24) is 4.98 Å². The van der Waals surface area contributed by atoms with Gasteiger partial charge in [0, 0.05) is 9.64 Å². The summed E-state index contributed by atoms with van der Waals surface area (Å²) < 4.78 is 43.9. The van der Waals surface area contributed by atoms with Crippen LogP contribution in [0.4, 0.5) is 18.9 Å². The van der Waals surface area contributed by atoms with Crippen molar-refractivity contribution in [2.45, 2.75) is 6.18 Å². The zero-order valence-corrected chi connectivity index (χ0v) is 11.6. The monoisotopic (exact) mass is 380 g/mol. The number of nitrogens with two attached hydrogens (primary N) is 1. The highest BCUT2D eigenvalue weighted by Crippen LogP contribution is 2.34. The molecule has 0 saturated carbocycles. The Labute approximate surface area is 120 Å². The molecule has 1 aromatic carbocycles. The van der Waals surface area contributed by atoms with Crippen LogP contribution in [-0.4, -0.2) is 4.98 Å².